The van der Waals surface area contributed by atoms with Crippen molar-refractivity contribution in [3.8, 4) is 0 Å². The fourth-order valence-electron chi connectivity index (χ4n) is 14.0. The van der Waals surface area contributed by atoms with Crippen LogP contribution in [-0.4, -0.2) is 318 Å². The minimum atomic E-state index is -2.09. The standard InChI is InChI=1S/C85H156N36O25/c1-41(2)36-54(75(139)116-53(81(145)146)18-8-11-31-88)118-79(143)58(40-63(93)127)121-76(140)55(37-42(3)4)117-74(138)51(24-27-60(90)124)113-73(137)52(25-28-64(128)129)114-72(136)50(23-26-59(89)123)112-67(131)44(16-6-9-29-86)107-68(132)46(19-12-32-103-82(95)96)111-78(142)57(39-62(92)126)120-70(134)47(20-13-33-104-83(97)98)108-66(130)45(17-7-10-30-87)110-77(141)56(38-61(91)125)119-71(135)48(21-14-34-105-84(99)100)109-69(133)49(22-15-35-106-85(101)102)115-80(144)65(94)43(5)122/h41-58,65,122H,6-40,86-88,94H2,1-5H3,(H2,89,123)(H2,90,124)(H2,91,125)(H2,92,126)(H2,93,127)(H,107,132)(H,108,130)(H,109,133)(H,110,141)(H,111,142)(H,112,131)(H,113,137)(H,114,136)(H,115,144)(H,116,139)(H,117,138)(H,118,143)(H,119,135)(H,120,134)(H,121,140)(H,128,129)(H,145,146)(H4,95,96,103)(H4,97,98,104)(H4,99,100,105)(H4,101,102,106). The summed E-state index contributed by atoms with van der Waals surface area (Å²) < 4.78 is 0. The number of aliphatic hydroxyl groups is 1. The van der Waals surface area contributed by atoms with Crippen molar-refractivity contribution >= 4 is 154 Å². The van der Waals surface area contributed by atoms with Crippen LogP contribution >= 0.6 is 0 Å². The molecule has 0 saturated heterocycles. The molecule has 17 unspecified atom stereocenters. The number of carboxylic acids is 2. The zero-order chi connectivity index (χ0) is 111. The molecule has 52 N–H and O–H groups in total. The second kappa shape index (κ2) is 71.6. The molecule has 0 aliphatic rings. The Morgan fingerprint density at radius 3 is 0.623 bits per heavy atom. The van der Waals surface area contributed by atoms with E-state index < -0.39 is 333 Å². The van der Waals surface area contributed by atoms with Gasteiger partial charge in [0.15, 0.2) is 23.8 Å². The maximum absolute atomic E-state index is 14.9. The summed E-state index contributed by atoms with van der Waals surface area (Å²) in [5.74, 6) is -29.3. The Kier molecular flexibility index (Phi) is 64.4. The van der Waals surface area contributed by atoms with Crippen LogP contribution < -0.4 is 176 Å². The molecule has 20 amide bonds. The molecular weight excluding hydrogens is 1930 g/mol. The van der Waals surface area contributed by atoms with E-state index in [9.17, 15) is 121 Å². The first-order valence-corrected chi connectivity index (χ1v) is 47.7. The first-order chi connectivity index (χ1) is 68.5. The van der Waals surface area contributed by atoms with Gasteiger partial charge in [-0.25, -0.2) is 4.79 Å². The van der Waals surface area contributed by atoms with Crippen LogP contribution in [0.25, 0.3) is 0 Å². The number of rotatable bonds is 79. The average Bonchev–Trinajstić information content (AvgIpc) is 0.823. The first kappa shape index (κ1) is 131. The Bertz CT molecular complexity index is 4400. The number of aliphatic carboxylic acids is 2. The van der Waals surface area contributed by atoms with Crippen LogP contribution in [0.3, 0.4) is 0 Å². The minimum Gasteiger partial charge on any atom is -0.481 e. The van der Waals surface area contributed by atoms with Gasteiger partial charge in [0.1, 0.15) is 96.7 Å². The number of hydrogen-bond acceptors (Lipinski definition) is 31. The number of hydrogen-bond donors (Lipinski definition) is 39. The highest BCUT2D eigenvalue weighted by Gasteiger charge is 2.41. The number of carboxylic acid groups (broad SMARTS) is 2. The van der Waals surface area contributed by atoms with Crippen LogP contribution in [0, 0.1) is 33.5 Å². The molecule has 0 aliphatic heterocycles. The van der Waals surface area contributed by atoms with Crippen LogP contribution in [0.4, 0.5) is 0 Å². The quantitative estimate of drug-likeness (QED) is 0.0153. The molecule has 61 nitrogen and oxygen atoms in total. The normalized spacial score (nSPS) is 14.5. The third-order valence-corrected chi connectivity index (χ3v) is 21.7. The lowest BCUT2D eigenvalue weighted by molar-refractivity contribution is -0.143. The smallest absolute Gasteiger partial charge is 0.326 e. The van der Waals surface area contributed by atoms with Gasteiger partial charge in [-0.3, -0.25) is 122 Å². The van der Waals surface area contributed by atoms with Crippen molar-refractivity contribution in [1.29, 1.82) is 21.6 Å². The molecule has 0 heterocycles. The second-order valence-corrected chi connectivity index (χ2v) is 35.5. The molecule has 0 aromatic carbocycles. The Hall–Kier alpha value is -14.8. The largest absolute Gasteiger partial charge is 0.481 e. The van der Waals surface area contributed by atoms with Crippen molar-refractivity contribution < 1.29 is 121 Å². The fraction of sp³-hybridized carbons (Fsp3) is 0.694. The number of primary amides is 5. The van der Waals surface area contributed by atoms with E-state index in [-0.39, 0.29) is 148 Å². The van der Waals surface area contributed by atoms with Gasteiger partial charge in [0, 0.05) is 45.4 Å². The molecular formula is C85H156N36O25. The van der Waals surface area contributed by atoms with Gasteiger partial charge in [-0.1, -0.05) is 27.7 Å². The van der Waals surface area contributed by atoms with Crippen molar-refractivity contribution in [3.63, 3.8) is 0 Å². The maximum atomic E-state index is 14.9. The summed E-state index contributed by atoms with van der Waals surface area (Å²) >= 11 is 0. The Balaban J connectivity index is 7.96. The number of guanidine groups is 4. The molecule has 0 aromatic rings. The predicted molar refractivity (Wildman–Crippen MR) is 526 cm³/mol. The lowest BCUT2D eigenvalue weighted by Gasteiger charge is -2.29. The molecule has 826 valence electrons. The van der Waals surface area contributed by atoms with E-state index in [1.54, 1.807) is 27.7 Å². The molecule has 0 rings (SSSR count). The number of nitrogens with one attached hydrogen (secondary N) is 23. The van der Waals surface area contributed by atoms with Crippen LogP contribution in [-0.2, 0) is 105 Å². The van der Waals surface area contributed by atoms with Gasteiger partial charge < -0.3 is 191 Å². The highest BCUT2D eigenvalue weighted by atomic mass is 16.4. The number of carbonyl (C=O) groups is 22. The first-order valence-electron chi connectivity index (χ1n) is 47.7. The summed E-state index contributed by atoms with van der Waals surface area (Å²) in [6.45, 7) is 7.62. The van der Waals surface area contributed by atoms with Crippen LogP contribution in [0.5, 0.6) is 0 Å². The van der Waals surface area contributed by atoms with Gasteiger partial charge in [0.25, 0.3) is 0 Å². The van der Waals surface area contributed by atoms with E-state index in [2.05, 4.69) is 101 Å². The molecule has 0 spiro atoms. The summed E-state index contributed by atoms with van der Waals surface area (Å²) in [7, 11) is 0. The highest BCUT2D eigenvalue weighted by Crippen LogP contribution is 2.17. The summed E-state index contributed by atoms with van der Waals surface area (Å²) in [5.41, 5.74) is 72.8. The van der Waals surface area contributed by atoms with Gasteiger partial charge in [-0.15, -0.1) is 0 Å². The Labute approximate surface area is 843 Å². The van der Waals surface area contributed by atoms with Crippen molar-refractivity contribution in [2.75, 3.05) is 45.8 Å². The van der Waals surface area contributed by atoms with Crippen LogP contribution in [0.1, 0.15) is 214 Å². The molecule has 61 heteroatoms. The average molecular weight is 2080 g/mol. The number of carbonyl (C=O) groups excluding carboxylic acids is 20. The topological polar surface area (TPSA) is 1100 Å². The second-order valence-electron chi connectivity index (χ2n) is 35.5. The van der Waals surface area contributed by atoms with E-state index in [1.165, 1.54) is 6.92 Å². The van der Waals surface area contributed by atoms with E-state index >= 15 is 0 Å². The lowest BCUT2D eigenvalue weighted by Crippen LogP contribution is -2.61. The summed E-state index contributed by atoms with van der Waals surface area (Å²) in [5, 5.41) is 106. The van der Waals surface area contributed by atoms with Crippen LogP contribution in [0.15, 0.2) is 0 Å². The van der Waals surface area contributed by atoms with Crippen LogP contribution in [0.2, 0.25) is 0 Å². The van der Waals surface area contributed by atoms with Gasteiger partial charge in [-0.2, -0.15) is 0 Å². The SMILES string of the molecule is CC(C)CC(NC(=O)C(CC(N)=O)NC(=O)C(CC(C)C)NC(=O)C(CCC(N)=O)NC(=O)C(CCC(=O)O)NC(=O)C(CCC(N)=O)NC(=O)C(CCCCN)NC(=O)C(CCCNC(=N)N)NC(=O)C(CC(N)=O)NC(=O)C(CCCNC(=N)N)NC(=O)C(CCCCN)NC(=O)C(CC(N)=O)NC(=O)C(CCCNC(=N)N)NC(=O)C(CCCNC(=N)N)NC(=O)C(N)C(C)O)C(=O)NC(CCCCN)C(=O)O. The zero-order valence-electron chi connectivity index (χ0n) is 83.0. The molecule has 0 aromatic heterocycles. The monoisotopic (exact) mass is 2080 g/mol. The molecule has 0 radical (unpaired) electrons. The Morgan fingerprint density at radius 2 is 0.425 bits per heavy atom. The molecule has 17 atom stereocenters. The van der Waals surface area contributed by atoms with E-state index in [4.69, 9.17) is 96.2 Å². The minimum absolute atomic E-state index is 0.00872. The number of unbranched alkanes of at least 4 members (excludes halogenated alkanes) is 3. The molecule has 0 bridgehead atoms. The third kappa shape index (κ3) is 58.1. The fourth-order valence-corrected chi connectivity index (χ4v) is 14.0. The van der Waals surface area contributed by atoms with Crippen molar-refractivity contribution in [2.45, 2.75) is 317 Å². The van der Waals surface area contributed by atoms with Gasteiger partial charge in [0.05, 0.1) is 25.4 Å². The van der Waals surface area contributed by atoms with Gasteiger partial charge >= 0.3 is 11.9 Å². The molecule has 146 heavy (non-hydrogen) atoms. The van der Waals surface area contributed by atoms with Crippen molar-refractivity contribution in [2.24, 2.45) is 86.4 Å². The Morgan fingerprint density at radius 1 is 0.240 bits per heavy atom. The molecule has 0 aliphatic carbocycles. The number of aliphatic hydroxyl groups excluding tert-OH is 1. The van der Waals surface area contributed by atoms with E-state index in [0.29, 0.717) is 12.8 Å². The lowest BCUT2D eigenvalue weighted by atomic mass is 10.00. The maximum Gasteiger partial charge on any atom is 0.326 e. The van der Waals surface area contributed by atoms with Gasteiger partial charge in [-0.05, 0) is 180 Å². The van der Waals surface area contributed by atoms with Crippen molar-refractivity contribution in [3.05, 3.63) is 0 Å². The molecule has 0 saturated carbocycles. The highest BCUT2D eigenvalue weighted by molar-refractivity contribution is 6.03. The van der Waals surface area contributed by atoms with E-state index in [0.717, 1.165) is 0 Å². The summed E-state index contributed by atoms with van der Waals surface area (Å²) in [4.78, 5) is 304. The number of nitrogens with two attached hydrogens (primary N) is 13. The van der Waals surface area contributed by atoms with E-state index in [1.807, 2.05) is 0 Å². The number of amides is 20. The zero-order valence-corrected chi connectivity index (χ0v) is 83.0. The predicted octanol–water partition coefficient (Wildman–Crippen LogP) is -14.4. The molecule has 0 fully saturated rings. The third-order valence-electron chi connectivity index (χ3n) is 21.7. The summed E-state index contributed by atoms with van der Waals surface area (Å²) in [6.07, 6.45) is -10.3. The summed E-state index contributed by atoms with van der Waals surface area (Å²) in [6, 6.07) is -28.2. The van der Waals surface area contributed by atoms with Crippen molar-refractivity contribution in [1.82, 2.24) is 101 Å². The van der Waals surface area contributed by atoms with Gasteiger partial charge in [0.2, 0.25) is 118 Å².